The highest BCUT2D eigenvalue weighted by molar-refractivity contribution is 6.20. The molecule has 2 aromatic rings. The second-order valence-electron chi connectivity index (χ2n) is 7.88. The minimum absolute atomic E-state index is 0.202. The molecule has 8 nitrogen and oxygen atoms in total. The first kappa shape index (κ1) is 20.9. The van der Waals surface area contributed by atoms with E-state index in [1.54, 1.807) is 62.8 Å². The molecular weight excluding hydrogens is 400 g/mol. The minimum atomic E-state index is -1.60. The maximum atomic E-state index is 13.4. The maximum absolute atomic E-state index is 13.4. The Hall–Kier alpha value is -3.39. The van der Waals surface area contributed by atoms with Gasteiger partial charge in [-0.3, -0.25) is 20.2 Å². The van der Waals surface area contributed by atoms with Crippen LogP contribution in [0, 0.1) is 5.41 Å². The molecule has 1 saturated heterocycles. The molecule has 1 aliphatic heterocycles. The van der Waals surface area contributed by atoms with Gasteiger partial charge in [-0.15, -0.1) is 0 Å². The zero-order valence-corrected chi connectivity index (χ0v) is 17.3. The van der Waals surface area contributed by atoms with E-state index in [0.717, 1.165) is 0 Å². The van der Waals surface area contributed by atoms with E-state index in [1.165, 1.54) is 0 Å². The third-order valence-corrected chi connectivity index (χ3v) is 6.36. The third-order valence-electron chi connectivity index (χ3n) is 6.36. The number of aliphatic hydroxyl groups excluding tert-OH is 1. The van der Waals surface area contributed by atoms with E-state index in [9.17, 15) is 19.5 Å². The number of rotatable bonds is 4. The van der Waals surface area contributed by atoms with E-state index in [0.29, 0.717) is 22.6 Å². The Kier molecular flexibility index (Phi) is 5.41. The molecule has 0 aromatic heterocycles. The summed E-state index contributed by atoms with van der Waals surface area (Å²) in [5.41, 5.74) is -0.188. The number of carbonyl (C=O) groups excluding carboxylic acids is 3. The molecule has 1 heterocycles. The van der Waals surface area contributed by atoms with Crippen LogP contribution in [0.15, 0.2) is 48.5 Å². The molecule has 2 aromatic carbocycles. The van der Waals surface area contributed by atoms with Gasteiger partial charge in [0.25, 0.3) is 0 Å². The van der Waals surface area contributed by atoms with Crippen molar-refractivity contribution in [1.82, 2.24) is 10.6 Å². The van der Waals surface area contributed by atoms with Crippen molar-refractivity contribution in [3.8, 4) is 11.5 Å². The van der Waals surface area contributed by atoms with Crippen molar-refractivity contribution in [3.63, 3.8) is 0 Å². The van der Waals surface area contributed by atoms with Crippen LogP contribution in [-0.4, -0.2) is 43.3 Å². The first-order valence-electron chi connectivity index (χ1n) is 10.0. The van der Waals surface area contributed by atoms with Crippen LogP contribution in [0.4, 0.5) is 4.79 Å². The number of urea groups is 1. The normalized spacial score (nSPS) is 25.0. The molecule has 8 heteroatoms. The van der Waals surface area contributed by atoms with Crippen molar-refractivity contribution in [3.05, 3.63) is 59.7 Å². The molecule has 31 heavy (non-hydrogen) atoms. The van der Waals surface area contributed by atoms with E-state index in [-0.39, 0.29) is 12.8 Å². The van der Waals surface area contributed by atoms with Gasteiger partial charge in [0.2, 0.25) is 11.8 Å². The number of hydrogen-bond donors (Lipinski definition) is 3. The molecule has 162 valence electrons. The minimum Gasteiger partial charge on any atom is -0.497 e. The van der Waals surface area contributed by atoms with Crippen LogP contribution >= 0.6 is 0 Å². The van der Waals surface area contributed by atoms with Crippen molar-refractivity contribution in [2.45, 2.75) is 30.8 Å². The fourth-order valence-electron chi connectivity index (χ4n) is 4.91. The summed E-state index contributed by atoms with van der Waals surface area (Å²) in [5.74, 6) is -1.35. The van der Waals surface area contributed by atoms with Crippen molar-refractivity contribution < 1.29 is 29.0 Å². The van der Waals surface area contributed by atoms with E-state index < -0.39 is 41.2 Å². The molecule has 0 radical (unpaired) electrons. The number of amides is 4. The summed E-state index contributed by atoms with van der Waals surface area (Å²) in [6, 6.07) is 13.3. The average Bonchev–Trinajstić information content (AvgIpc) is 2.77. The number of barbiturate groups is 1. The van der Waals surface area contributed by atoms with Crippen LogP contribution in [0.5, 0.6) is 11.5 Å². The molecule has 0 unspecified atom stereocenters. The van der Waals surface area contributed by atoms with E-state index in [4.69, 9.17) is 9.47 Å². The van der Waals surface area contributed by atoms with Gasteiger partial charge in [0.15, 0.2) is 0 Å². The van der Waals surface area contributed by atoms with Gasteiger partial charge in [-0.2, -0.15) is 0 Å². The number of imide groups is 2. The molecule has 1 spiro atoms. The van der Waals surface area contributed by atoms with Gasteiger partial charge in [0.1, 0.15) is 16.9 Å². The standard InChI is InChI=1S/C23H24N2O6/c1-30-16-7-3-13(4-8-16)18-11-15(26)12-19(14-5-9-17(31-2)10-6-14)23(18)20(27)24-22(29)25-21(23)28/h3-10,15,18-19,26H,11-12H2,1-2H3,(H2,24,25,27,28,29)/t18-,19-/m1/s1. The van der Waals surface area contributed by atoms with Crippen LogP contribution in [0.1, 0.15) is 35.8 Å². The van der Waals surface area contributed by atoms with Crippen LogP contribution in [0.3, 0.4) is 0 Å². The molecule has 3 N–H and O–H groups in total. The number of methoxy groups -OCH3 is 2. The molecule has 4 rings (SSSR count). The summed E-state index contributed by atoms with van der Waals surface area (Å²) >= 11 is 0. The molecule has 4 amide bonds. The highest BCUT2D eigenvalue weighted by Gasteiger charge is 2.63. The van der Waals surface area contributed by atoms with Gasteiger partial charge in [-0.25, -0.2) is 4.79 Å². The third kappa shape index (κ3) is 3.42. The van der Waals surface area contributed by atoms with Gasteiger partial charge in [-0.05, 0) is 48.2 Å². The second-order valence-corrected chi connectivity index (χ2v) is 7.88. The fourth-order valence-corrected chi connectivity index (χ4v) is 4.91. The number of hydrogen-bond acceptors (Lipinski definition) is 6. The largest absolute Gasteiger partial charge is 0.497 e. The van der Waals surface area contributed by atoms with Gasteiger partial charge < -0.3 is 14.6 Å². The lowest BCUT2D eigenvalue weighted by Gasteiger charge is -2.50. The van der Waals surface area contributed by atoms with Gasteiger partial charge in [-0.1, -0.05) is 24.3 Å². The van der Waals surface area contributed by atoms with Gasteiger partial charge in [0.05, 0.1) is 20.3 Å². The summed E-state index contributed by atoms with van der Waals surface area (Å²) in [6.07, 6.45) is -0.328. The Morgan fingerprint density at radius 1 is 0.774 bits per heavy atom. The van der Waals surface area contributed by atoms with E-state index in [1.807, 2.05) is 0 Å². The van der Waals surface area contributed by atoms with Crippen molar-refractivity contribution in [2.75, 3.05) is 14.2 Å². The lowest BCUT2D eigenvalue weighted by molar-refractivity contribution is -0.152. The molecule has 1 saturated carbocycles. The SMILES string of the molecule is COc1ccc([C@H]2CC(O)C[C@H](c3ccc(OC)cc3)C23C(=O)NC(=O)NC3=O)cc1. The molecular formula is C23H24N2O6. The smallest absolute Gasteiger partial charge is 0.328 e. The molecule has 2 aliphatic rings. The zero-order chi connectivity index (χ0) is 22.2. The second kappa shape index (κ2) is 8.03. The molecule has 2 atom stereocenters. The van der Waals surface area contributed by atoms with Crippen LogP contribution in [0.25, 0.3) is 0 Å². The molecule has 1 aliphatic carbocycles. The first-order valence-corrected chi connectivity index (χ1v) is 10.0. The van der Waals surface area contributed by atoms with Crippen LogP contribution in [0.2, 0.25) is 0 Å². The summed E-state index contributed by atoms with van der Waals surface area (Å²) in [6.45, 7) is 0. The van der Waals surface area contributed by atoms with E-state index in [2.05, 4.69) is 10.6 Å². The summed E-state index contributed by atoms with van der Waals surface area (Å²) < 4.78 is 10.4. The predicted octanol–water partition coefficient (Wildman–Crippen LogP) is 2.08. The highest BCUT2D eigenvalue weighted by atomic mass is 16.5. The number of carbonyl (C=O) groups is 3. The quantitative estimate of drug-likeness (QED) is 0.648. The topological polar surface area (TPSA) is 114 Å². The fraction of sp³-hybridized carbons (Fsp3) is 0.348. The summed E-state index contributed by atoms with van der Waals surface area (Å²) in [5, 5.41) is 15.3. The Morgan fingerprint density at radius 3 is 1.52 bits per heavy atom. The lowest BCUT2D eigenvalue weighted by atomic mass is 9.54. The highest BCUT2D eigenvalue weighted by Crippen LogP contribution is 2.56. The number of aliphatic hydroxyl groups is 1. The van der Waals surface area contributed by atoms with Crippen LogP contribution in [-0.2, 0) is 9.59 Å². The Labute approximate surface area is 179 Å². The van der Waals surface area contributed by atoms with Gasteiger partial charge >= 0.3 is 6.03 Å². The molecule has 0 bridgehead atoms. The molecule has 2 fully saturated rings. The zero-order valence-electron chi connectivity index (χ0n) is 17.3. The van der Waals surface area contributed by atoms with E-state index >= 15 is 0 Å². The Balaban J connectivity index is 1.88. The van der Waals surface area contributed by atoms with Gasteiger partial charge in [0, 0.05) is 11.8 Å². The van der Waals surface area contributed by atoms with Crippen molar-refractivity contribution in [1.29, 1.82) is 0 Å². The summed E-state index contributed by atoms with van der Waals surface area (Å²) in [7, 11) is 3.10. The van der Waals surface area contributed by atoms with Crippen molar-refractivity contribution >= 4 is 17.8 Å². The Bertz CT molecular complexity index is 922. The monoisotopic (exact) mass is 424 g/mol. The lowest BCUT2D eigenvalue weighted by Crippen LogP contribution is -2.67. The first-order chi connectivity index (χ1) is 14.9. The Morgan fingerprint density at radius 2 is 1.16 bits per heavy atom. The number of nitrogens with one attached hydrogen (secondary N) is 2. The summed E-state index contributed by atoms with van der Waals surface area (Å²) in [4.78, 5) is 38.7. The number of benzene rings is 2. The van der Waals surface area contributed by atoms with Crippen molar-refractivity contribution in [2.24, 2.45) is 5.41 Å². The number of ether oxygens (including phenoxy) is 2. The predicted molar refractivity (Wildman–Crippen MR) is 111 cm³/mol. The average molecular weight is 424 g/mol. The maximum Gasteiger partial charge on any atom is 0.328 e. The van der Waals surface area contributed by atoms with Crippen LogP contribution < -0.4 is 20.1 Å².